The second kappa shape index (κ2) is 5.39. The molecule has 0 saturated carbocycles. The maximum atomic E-state index is 10.8. The van der Waals surface area contributed by atoms with Gasteiger partial charge in [-0.25, -0.2) is 0 Å². The molecular weight excluding hydrogens is 227 g/mol. The standard InChI is InChI=1S/C11H15O4P/c1-3-11(4-2,15-16(13)14)9-5-7-10(12)8-6-9/h5-8H,3-4H2,1-2H3,(H-,12,13,14)/p+1. The Morgan fingerprint density at radius 1 is 1.25 bits per heavy atom. The molecule has 0 heterocycles. The van der Waals surface area contributed by atoms with E-state index in [4.69, 9.17) is 9.42 Å². The Labute approximate surface area is 95.8 Å². The Morgan fingerprint density at radius 3 is 2.12 bits per heavy atom. The third kappa shape index (κ3) is 2.79. The van der Waals surface area contributed by atoms with Crippen molar-refractivity contribution in [1.29, 1.82) is 0 Å². The second-order valence-electron chi connectivity index (χ2n) is 3.58. The monoisotopic (exact) mass is 243 g/mol. The SMILES string of the molecule is CCC(CC)(O[P+](=O)O)c1ccc(O)cc1. The van der Waals surface area contributed by atoms with E-state index in [-0.39, 0.29) is 5.75 Å². The minimum absolute atomic E-state index is 0.165. The summed E-state index contributed by atoms with van der Waals surface area (Å²) in [4.78, 5) is 8.90. The molecule has 1 aromatic rings. The lowest BCUT2D eigenvalue weighted by Gasteiger charge is -2.25. The first-order valence-electron chi connectivity index (χ1n) is 5.19. The number of benzene rings is 1. The molecule has 0 aromatic heterocycles. The number of phenols is 1. The summed E-state index contributed by atoms with van der Waals surface area (Å²) >= 11 is 0. The predicted molar refractivity (Wildman–Crippen MR) is 61.3 cm³/mol. The van der Waals surface area contributed by atoms with Crippen molar-refractivity contribution < 1.29 is 19.1 Å². The molecule has 0 aliphatic heterocycles. The highest BCUT2D eigenvalue weighted by atomic mass is 31.1. The Hall–Kier alpha value is -0.960. The third-order valence-electron chi connectivity index (χ3n) is 2.79. The van der Waals surface area contributed by atoms with Crippen LogP contribution in [0.25, 0.3) is 0 Å². The topological polar surface area (TPSA) is 66.8 Å². The van der Waals surface area contributed by atoms with Gasteiger partial charge in [0, 0.05) is 4.57 Å². The molecule has 0 amide bonds. The minimum atomic E-state index is -2.64. The van der Waals surface area contributed by atoms with E-state index in [0.717, 1.165) is 5.56 Å². The molecule has 2 N–H and O–H groups in total. The molecule has 1 aromatic carbocycles. The van der Waals surface area contributed by atoms with Crippen LogP contribution < -0.4 is 0 Å². The Bertz CT molecular complexity index is 357. The molecule has 5 heteroatoms. The van der Waals surface area contributed by atoms with E-state index in [9.17, 15) is 9.67 Å². The summed E-state index contributed by atoms with van der Waals surface area (Å²) in [6.45, 7) is 3.80. The summed E-state index contributed by atoms with van der Waals surface area (Å²) in [5.41, 5.74) is 0.0447. The van der Waals surface area contributed by atoms with Crippen LogP contribution in [0.15, 0.2) is 24.3 Å². The highest BCUT2D eigenvalue weighted by Crippen LogP contribution is 2.40. The highest BCUT2D eigenvalue weighted by Gasteiger charge is 2.38. The molecule has 0 bridgehead atoms. The molecule has 0 saturated heterocycles. The van der Waals surface area contributed by atoms with Crippen LogP contribution in [0.2, 0.25) is 0 Å². The van der Waals surface area contributed by atoms with Gasteiger partial charge in [0.25, 0.3) is 0 Å². The molecule has 16 heavy (non-hydrogen) atoms. The van der Waals surface area contributed by atoms with Crippen molar-refractivity contribution in [2.75, 3.05) is 0 Å². The molecule has 1 rings (SSSR count). The average molecular weight is 243 g/mol. The lowest BCUT2D eigenvalue weighted by molar-refractivity contribution is 0.0536. The van der Waals surface area contributed by atoms with Crippen molar-refractivity contribution in [2.24, 2.45) is 0 Å². The van der Waals surface area contributed by atoms with Crippen LogP contribution >= 0.6 is 8.25 Å². The molecule has 0 aliphatic rings. The minimum Gasteiger partial charge on any atom is -0.508 e. The smallest absolute Gasteiger partial charge is 0.508 e. The number of hydrogen-bond acceptors (Lipinski definition) is 3. The van der Waals surface area contributed by atoms with Gasteiger partial charge in [-0.2, -0.15) is 0 Å². The van der Waals surface area contributed by atoms with Gasteiger partial charge in [0.15, 0.2) is 5.60 Å². The van der Waals surface area contributed by atoms with Crippen LogP contribution in [0, 0.1) is 0 Å². The fourth-order valence-electron chi connectivity index (χ4n) is 1.75. The predicted octanol–water partition coefficient (Wildman–Crippen LogP) is 3.07. The van der Waals surface area contributed by atoms with Crippen LogP contribution in [0.1, 0.15) is 32.3 Å². The fourth-order valence-corrected chi connectivity index (χ4v) is 2.42. The Balaban J connectivity index is 3.09. The maximum absolute atomic E-state index is 10.8. The van der Waals surface area contributed by atoms with E-state index in [2.05, 4.69) is 0 Å². The molecule has 0 aliphatic carbocycles. The summed E-state index contributed by atoms with van der Waals surface area (Å²) in [5, 5.41) is 9.20. The molecule has 0 spiro atoms. The van der Waals surface area contributed by atoms with Crippen molar-refractivity contribution >= 4 is 8.25 Å². The Morgan fingerprint density at radius 2 is 1.75 bits per heavy atom. The summed E-state index contributed by atoms with van der Waals surface area (Å²) in [6.07, 6.45) is 1.19. The van der Waals surface area contributed by atoms with Crippen molar-refractivity contribution in [1.82, 2.24) is 0 Å². The van der Waals surface area contributed by atoms with Gasteiger partial charge in [0.2, 0.25) is 0 Å². The molecule has 88 valence electrons. The van der Waals surface area contributed by atoms with Crippen LogP contribution in [0.5, 0.6) is 5.75 Å². The van der Waals surface area contributed by atoms with E-state index < -0.39 is 13.9 Å². The largest absolute Gasteiger partial charge is 0.695 e. The molecule has 1 atom stereocenters. The lowest BCUT2D eigenvalue weighted by Crippen LogP contribution is -2.25. The summed E-state index contributed by atoms with van der Waals surface area (Å²) < 4.78 is 16.0. The van der Waals surface area contributed by atoms with Crippen molar-refractivity contribution in [3.05, 3.63) is 29.8 Å². The van der Waals surface area contributed by atoms with E-state index in [1.54, 1.807) is 24.3 Å². The maximum Gasteiger partial charge on any atom is 0.695 e. The van der Waals surface area contributed by atoms with Crippen LogP contribution in [-0.4, -0.2) is 10.00 Å². The number of hydrogen-bond donors (Lipinski definition) is 2. The summed E-state index contributed by atoms with van der Waals surface area (Å²) in [7, 11) is -2.64. The van der Waals surface area contributed by atoms with Gasteiger partial charge in [-0.3, -0.25) is 0 Å². The molecule has 0 radical (unpaired) electrons. The third-order valence-corrected chi connectivity index (χ3v) is 3.29. The van der Waals surface area contributed by atoms with Crippen LogP contribution in [-0.2, 0) is 14.7 Å². The van der Waals surface area contributed by atoms with Crippen molar-refractivity contribution in [3.8, 4) is 5.75 Å². The van der Waals surface area contributed by atoms with Gasteiger partial charge in [0.1, 0.15) is 5.75 Å². The zero-order valence-electron chi connectivity index (χ0n) is 9.38. The molecule has 0 fully saturated rings. The van der Waals surface area contributed by atoms with Gasteiger partial charge < -0.3 is 5.11 Å². The summed E-state index contributed by atoms with van der Waals surface area (Å²) in [5.74, 6) is 0.165. The number of aromatic hydroxyl groups is 1. The zero-order chi connectivity index (χ0) is 12.2. The first-order chi connectivity index (χ1) is 7.54. The summed E-state index contributed by atoms with van der Waals surface area (Å²) in [6, 6.07) is 6.51. The normalized spacial score (nSPS) is 12.6. The van der Waals surface area contributed by atoms with Gasteiger partial charge in [-0.05, 0) is 30.5 Å². The van der Waals surface area contributed by atoms with Crippen LogP contribution in [0.4, 0.5) is 0 Å². The van der Waals surface area contributed by atoms with Crippen LogP contribution in [0.3, 0.4) is 0 Å². The molecule has 1 unspecified atom stereocenters. The second-order valence-corrected chi connectivity index (χ2v) is 4.24. The van der Waals surface area contributed by atoms with E-state index in [1.165, 1.54) is 0 Å². The van der Waals surface area contributed by atoms with E-state index in [0.29, 0.717) is 12.8 Å². The van der Waals surface area contributed by atoms with Gasteiger partial charge >= 0.3 is 8.25 Å². The quantitative estimate of drug-likeness (QED) is 0.780. The average Bonchev–Trinajstić information content (AvgIpc) is 2.27. The van der Waals surface area contributed by atoms with Crippen molar-refractivity contribution in [3.63, 3.8) is 0 Å². The molecule has 4 nitrogen and oxygen atoms in total. The van der Waals surface area contributed by atoms with Gasteiger partial charge in [-0.15, -0.1) is 9.42 Å². The first-order valence-corrected chi connectivity index (χ1v) is 6.32. The van der Waals surface area contributed by atoms with Gasteiger partial charge in [0.05, 0.1) is 0 Å². The first kappa shape index (κ1) is 13.1. The highest BCUT2D eigenvalue weighted by molar-refractivity contribution is 7.32. The van der Waals surface area contributed by atoms with Crippen molar-refractivity contribution in [2.45, 2.75) is 32.3 Å². The van der Waals surface area contributed by atoms with E-state index >= 15 is 0 Å². The molecular formula is C11H16O4P+. The number of rotatable bonds is 5. The fraction of sp³-hybridized carbons (Fsp3) is 0.455. The lowest BCUT2D eigenvalue weighted by atomic mass is 9.89. The zero-order valence-corrected chi connectivity index (χ0v) is 10.3. The number of phenolic OH excluding ortho intramolecular Hbond substituents is 1. The van der Waals surface area contributed by atoms with Gasteiger partial charge in [-0.1, -0.05) is 26.0 Å². The Kier molecular flexibility index (Phi) is 4.42. The van der Waals surface area contributed by atoms with E-state index in [1.807, 2.05) is 13.8 Å².